The molecule has 2 aromatic carbocycles. The first-order valence-electron chi connectivity index (χ1n) is 8.63. The number of benzene rings is 2. The van der Waals surface area contributed by atoms with Crippen molar-refractivity contribution in [2.45, 2.75) is 40.0 Å². The Bertz CT molecular complexity index is 778. The van der Waals surface area contributed by atoms with Gasteiger partial charge >= 0.3 is 0 Å². The Morgan fingerprint density at radius 3 is 2.58 bits per heavy atom. The van der Waals surface area contributed by atoms with Crippen LogP contribution in [0.25, 0.3) is 0 Å². The Labute approximate surface area is 153 Å². The summed E-state index contributed by atoms with van der Waals surface area (Å²) in [5.41, 5.74) is 2.47. The van der Waals surface area contributed by atoms with E-state index in [1.165, 1.54) is 12.1 Å². The molecule has 140 valence electrons. The lowest BCUT2D eigenvalue weighted by Crippen LogP contribution is -2.38. The first kappa shape index (κ1) is 19.8. The van der Waals surface area contributed by atoms with Gasteiger partial charge in [0.25, 0.3) is 0 Å². The normalized spacial score (nSPS) is 12.8. The minimum atomic E-state index is -0.430. The topological polar surface area (TPSA) is 56.7 Å². The van der Waals surface area contributed by atoms with Gasteiger partial charge in [-0.25, -0.2) is 13.8 Å². The lowest BCUT2D eigenvalue weighted by molar-refractivity contribution is 0.275. The van der Waals surface area contributed by atoms with Crippen LogP contribution in [0.1, 0.15) is 42.1 Å². The number of rotatable bonds is 6. The largest absolute Gasteiger partial charge is 0.392 e. The summed E-state index contributed by atoms with van der Waals surface area (Å²) < 4.78 is 27.2. The van der Waals surface area contributed by atoms with Gasteiger partial charge in [-0.3, -0.25) is 0 Å². The van der Waals surface area contributed by atoms with E-state index >= 15 is 0 Å². The molecule has 0 aromatic heterocycles. The van der Waals surface area contributed by atoms with Crippen molar-refractivity contribution in [2.75, 3.05) is 6.54 Å². The summed E-state index contributed by atoms with van der Waals surface area (Å²) in [6, 6.07) is 9.58. The average molecular weight is 361 g/mol. The van der Waals surface area contributed by atoms with Crippen LogP contribution < -0.4 is 10.6 Å². The Balaban J connectivity index is 2.11. The second kappa shape index (κ2) is 9.29. The molecule has 3 N–H and O–H groups in total. The van der Waals surface area contributed by atoms with Crippen LogP contribution in [0.2, 0.25) is 0 Å². The molecule has 0 saturated heterocycles. The first-order chi connectivity index (χ1) is 12.4. The highest BCUT2D eigenvalue weighted by atomic mass is 19.1. The third-order valence-corrected chi connectivity index (χ3v) is 4.09. The number of halogens is 2. The van der Waals surface area contributed by atoms with Crippen LogP contribution in [-0.2, 0) is 13.2 Å². The summed E-state index contributed by atoms with van der Waals surface area (Å²) in [6.45, 7) is 6.27. The molecular formula is C20H25F2N3O. The number of nitrogens with zero attached hydrogens (tertiary/aromatic N) is 1. The molecule has 2 rings (SSSR count). The zero-order valence-corrected chi connectivity index (χ0v) is 15.3. The molecular weight excluding hydrogens is 336 g/mol. The van der Waals surface area contributed by atoms with Gasteiger partial charge in [0, 0.05) is 12.1 Å². The number of aryl methyl sites for hydroxylation is 1. The van der Waals surface area contributed by atoms with E-state index in [4.69, 9.17) is 5.11 Å². The van der Waals surface area contributed by atoms with Gasteiger partial charge < -0.3 is 15.7 Å². The van der Waals surface area contributed by atoms with E-state index in [0.717, 1.165) is 11.1 Å². The van der Waals surface area contributed by atoms with Gasteiger partial charge in [-0.1, -0.05) is 18.2 Å². The van der Waals surface area contributed by atoms with Crippen LogP contribution in [0.4, 0.5) is 8.78 Å². The predicted molar refractivity (Wildman–Crippen MR) is 99.8 cm³/mol. The summed E-state index contributed by atoms with van der Waals surface area (Å²) >= 11 is 0. The highest BCUT2D eigenvalue weighted by molar-refractivity contribution is 5.80. The summed E-state index contributed by atoms with van der Waals surface area (Å²) in [6.07, 6.45) is 0. The van der Waals surface area contributed by atoms with Crippen LogP contribution in [-0.4, -0.2) is 17.6 Å². The SMILES string of the molecule is CCNC(=NCc1ccc(F)c(CO)c1)NC(C)c1ccc(C)c(F)c1. The summed E-state index contributed by atoms with van der Waals surface area (Å²) in [4.78, 5) is 4.49. The fourth-order valence-electron chi connectivity index (χ4n) is 2.50. The smallest absolute Gasteiger partial charge is 0.192 e. The number of hydrogen-bond acceptors (Lipinski definition) is 2. The van der Waals surface area contributed by atoms with Crippen LogP contribution in [0.15, 0.2) is 41.4 Å². The molecule has 0 fully saturated rings. The average Bonchev–Trinajstić information content (AvgIpc) is 2.63. The minimum absolute atomic E-state index is 0.135. The molecule has 0 aliphatic carbocycles. The molecule has 1 unspecified atom stereocenters. The lowest BCUT2D eigenvalue weighted by atomic mass is 10.1. The Kier molecular flexibility index (Phi) is 7.09. The van der Waals surface area contributed by atoms with Crippen molar-refractivity contribution in [1.29, 1.82) is 0 Å². The Morgan fingerprint density at radius 1 is 1.15 bits per heavy atom. The number of hydrogen-bond donors (Lipinski definition) is 3. The van der Waals surface area contributed by atoms with Gasteiger partial charge in [0.05, 0.1) is 19.2 Å². The molecule has 0 radical (unpaired) electrons. The Hall–Kier alpha value is -2.47. The van der Waals surface area contributed by atoms with E-state index in [1.54, 1.807) is 25.1 Å². The molecule has 0 saturated carbocycles. The minimum Gasteiger partial charge on any atom is -0.392 e. The summed E-state index contributed by atoms with van der Waals surface area (Å²) in [5.74, 6) is -0.0860. The van der Waals surface area contributed by atoms with Crippen molar-refractivity contribution >= 4 is 5.96 Å². The zero-order chi connectivity index (χ0) is 19.1. The van der Waals surface area contributed by atoms with Crippen LogP contribution in [0.3, 0.4) is 0 Å². The molecule has 0 bridgehead atoms. The van der Waals surface area contributed by atoms with Gasteiger partial charge in [-0.2, -0.15) is 0 Å². The number of aliphatic hydroxyl groups excluding tert-OH is 1. The molecule has 2 aromatic rings. The van der Waals surface area contributed by atoms with Gasteiger partial charge in [-0.05, 0) is 55.7 Å². The third kappa shape index (κ3) is 5.26. The quantitative estimate of drug-likeness (QED) is 0.544. The molecule has 1 atom stereocenters. The first-order valence-corrected chi connectivity index (χ1v) is 8.63. The van der Waals surface area contributed by atoms with Crippen molar-refractivity contribution in [3.8, 4) is 0 Å². The van der Waals surface area contributed by atoms with E-state index in [0.29, 0.717) is 24.6 Å². The zero-order valence-electron chi connectivity index (χ0n) is 15.3. The summed E-state index contributed by atoms with van der Waals surface area (Å²) in [5, 5.41) is 15.5. The van der Waals surface area contributed by atoms with E-state index in [2.05, 4.69) is 15.6 Å². The number of guanidine groups is 1. The monoisotopic (exact) mass is 361 g/mol. The van der Waals surface area contributed by atoms with E-state index in [9.17, 15) is 8.78 Å². The molecule has 26 heavy (non-hydrogen) atoms. The molecule has 0 aliphatic rings. The van der Waals surface area contributed by atoms with Crippen molar-refractivity contribution in [2.24, 2.45) is 4.99 Å². The van der Waals surface area contributed by atoms with Crippen LogP contribution >= 0.6 is 0 Å². The van der Waals surface area contributed by atoms with E-state index < -0.39 is 5.82 Å². The summed E-state index contributed by atoms with van der Waals surface area (Å²) in [7, 11) is 0. The van der Waals surface area contributed by atoms with Gasteiger partial charge in [0.1, 0.15) is 11.6 Å². The third-order valence-electron chi connectivity index (χ3n) is 4.09. The van der Waals surface area contributed by atoms with Gasteiger partial charge in [0.15, 0.2) is 5.96 Å². The fourth-order valence-corrected chi connectivity index (χ4v) is 2.50. The number of aliphatic hydroxyl groups is 1. The lowest BCUT2D eigenvalue weighted by Gasteiger charge is -2.18. The molecule has 4 nitrogen and oxygen atoms in total. The van der Waals surface area contributed by atoms with Crippen molar-refractivity contribution in [3.63, 3.8) is 0 Å². The molecule has 0 aliphatic heterocycles. The maximum atomic E-state index is 13.8. The Morgan fingerprint density at radius 2 is 1.92 bits per heavy atom. The molecule has 0 heterocycles. The van der Waals surface area contributed by atoms with E-state index in [1.807, 2.05) is 19.9 Å². The van der Waals surface area contributed by atoms with Gasteiger partial charge in [-0.15, -0.1) is 0 Å². The van der Waals surface area contributed by atoms with Crippen molar-refractivity contribution in [1.82, 2.24) is 10.6 Å². The highest BCUT2D eigenvalue weighted by Crippen LogP contribution is 2.16. The van der Waals surface area contributed by atoms with Crippen molar-refractivity contribution in [3.05, 3.63) is 70.3 Å². The fraction of sp³-hybridized carbons (Fsp3) is 0.350. The maximum absolute atomic E-state index is 13.8. The molecule has 0 amide bonds. The second-order valence-electron chi connectivity index (χ2n) is 6.15. The standard InChI is InChI=1S/C20H25F2N3O/c1-4-23-20(24-11-15-6-8-18(21)17(9-15)12-26)25-14(3)16-7-5-13(2)19(22)10-16/h5-10,14,26H,4,11-12H2,1-3H3,(H2,23,24,25). The number of aliphatic imine (C=N–C) groups is 1. The second-order valence-corrected chi connectivity index (χ2v) is 6.15. The predicted octanol–water partition coefficient (Wildman–Crippen LogP) is 3.58. The highest BCUT2D eigenvalue weighted by Gasteiger charge is 2.10. The van der Waals surface area contributed by atoms with Gasteiger partial charge in [0.2, 0.25) is 0 Å². The van der Waals surface area contributed by atoms with Crippen LogP contribution in [0, 0.1) is 18.6 Å². The van der Waals surface area contributed by atoms with E-state index in [-0.39, 0.29) is 24.0 Å². The van der Waals surface area contributed by atoms with Crippen LogP contribution in [0.5, 0.6) is 0 Å². The maximum Gasteiger partial charge on any atom is 0.192 e. The molecule has 0 spiro atoms. The molecule has 6 heteroatoms. The van der Waals surface area contributed by atoms with Crippen molar-refractivity contribution < 1.29 is 13.9 Å². The number of nitrogens with one attached hydrogen (secondary N) is 2.